The summed E-state index contributed by atoms with van der Waals surface area (Å²) >= 11 is 3.34. The SMILES string of the molecule is O=C(NCc1ccc(-c2cccs2)s1)[C@@H]1[C@@H](C(=O)[O-])[C@H]2C=C[C@@H]1C2. The maximum Gasteiger partial charge on any atom is 0.224 e. The molecule has 1 N–H and O–H groups in total. The molecule has 2 aromatic rings. The van der Waals surface area contributed by atoms with Crippen molar-refractivity contribution >= 4 is 34.6 Å². The Hall–Kier alpha value is -1.92. The van der Waals surface area contributed by atoms with E-state index in [1.165, 1.54) is 9.75 Å². The predicted octanol–water partition coefficient (Wildman–Crippen LogP) is 2.28. The van der Waals surface area contributed by atoms with Gasteiger partial charge < -0.3 is 15.2 Å². The van der Waals surface area contributed by atoms with Gasteiger partial charge in [0.15, 0.2) is 0 Å². The molecule has 2 aliphatic rings. The zero-order valence-electron chi connectivity index (χ0n) is 12.8. The van der Waals surface area contributed by atoms with Gasteiger partial charge in [0, 0.05) is 26.5 Å². The van der Waals surface area contributed by atoms with Crippen LogP contribution < -0.4 is 10.4 Å². The van der Waals surface area contributed by atoms with Crippen molar-refractivity contribution in [1.29, 1.82) is 0 Å². The van der Waals surface area contributed by atoms with Crippen molar-refractivity contribution in [3.05, 3.63) is 46.7 Å². The number of carboxylic acid groups (broad SMARTS) is 1. The van der Waals surface area contributed by atoms with Crippen LogP contribution in [-0.4, -0.2) is 11.9 Å². The molecule has 24 heavy (non-hydrogen) atoms. The molecule has 6 heteroatoms. The first-order valence-electron chi connectivity index (χ1n) is 7.93. The van der Waals surface area contributed by atoms with Crippen molar-refractivity contribution in [2.45, 2.75) is 13.0 Å². The van der Waals surface area contributed by atoms with Crippen molar-refractivity contribution in [3.8, 4) is 9.75 Å². The summed E-state index contributed by atoms with van der Waals surface area (Å²) in [5, 5.41) is 16.4. The van der Waals surface area contributed by atoms with Crippen LogP contribution in [0.1, 0.15) is 11.3 Å². The highest BCUT2D eigenvalue weighted by molar-refractivity contribution is 7.21. The van der Waals surface area contributed by atoms with E-state index in [0.29, 0.717) is 6.54 Å². The maximum absolute atomic E-state index is 12.5. The Morgan fingerprint density at radius 3 is 2.62 bits per heavy atom. The molecular formula is C18H16NO3S2-. The van der Waals surface area contributed by atoms with Crippen molar-refractivity contribution in [2.75, 3.05) is 0 Å². The predicted molar refractivity (Wildman–Crippen MR) is 92.2 cm³/mol. The molecule has 2 bridgehead atoms. The lowest BCUT2D eigenvalue weighted by atomic mass is 9.82. The summed E-state index contributed by atoms with van der Waals surface area (Å²) < 4.78 is 0. The summed E-state index contributed by atoms with van der Waals surface area (Å²) in [5.74, 6) is -2.49. The number of hydrogen-bond acceptors (Lipinski definition) is 5. The number of nitrogens with one attached hydrogen (secondary N) is 1. The van der Waals surface area contributed by atoms with Crippen LogP contribution >= 0.6 is 22.7 Å². The molecule has 0 aromatic carbocycles. The average Bonchev–Trinajstić information content (AvgIpc) is 3.35. The third-order valence-electron chi connectivity index (χ3n) is 4.90. The van der Waals surface area contributed by atoms with E-state index >= 15 is 0 Å². The number of carboxylic acids is 1. The fourth-order valence-electron chi connectivity index (χ4n) is 3.82. The van der Waals surface area contributed by atoms with E-state index < -0.39 is 17.8 Å². The number of aliphatic carboxylic acids is 1. The van der Waals surface area contributed by atoms with Gasteiger partial charge in [0.25, 0.3) is 0 Å². The van der Waals surface area contributed by atoms with Crippen molar-refractivity contribution in [1.82, 2.24) is 5.32 Å². The lowest BCUT2D eigenvalue weighted by Crippen LogP contribution is -2.44. The highest BCUT2D eigenvalue weighted by atomic mass is 32.1. The Morgan fingerprint density at radius 2 is 1.92 bits per heavy atom. The number of fused-ring (bicyclic) bond motifs is 2. The zero-order chi connectivity index (χ0) is 16.7. The number of hydrogen-bond donors (Lipinski definition) is 1. The molecule has 2 heterocycles. The van der Waals surface area contributed by atoms with Gasteiger partial charge in [-0.1, -0.05) is 18.2 Å². The van der Waals surface area contributed by atoms with Crippen LogP contribution in [0.25, 0.3) is 9.75 Å². The van der Waals surface area contributed by atoms with Gasteiger partial charge in [-0.2, -0.15) is 0 Å². The summed E-state index contributed by atoms with van der Waals surface area (Å²) in [5.41, 5.74) is 0. The van der Waals surface area contributed by atoms with Crippen LogP contribution in [0.5, 0.6) is 0 Å². The number of carbonyl (C=O) groups is 2. The Bertz CT molecular complexity index is 793. The number of allylic oxidation sites excluding steroid dienone is 2. The van der Waals surface area contributed by atoms with Gasteiger partial charge in [0.2, 0.25) is 5.91 Å². The third-order valence-corrected chi connectivity index (χ3v) is 7.05. The van der Waals surface area contributed by atoms with Crippen LogP contribution in [0.15, 0.2) is 41.8 Å². The summed E-state index contributed by atoms with van der Waals surface area (Å²) in [6.07, 6.45) is 4.65. The van der Waals surface area contributed by atoms with E-state index in [0.717, 1.165) is 11.3 Å². The maximum atomic E-state index is 12.5. The van der Waals surface area contributed by atoms with Crippen LogP contribution in [-0.2, 0) is 16.1 Å². The number of amides is 1. The summed E-state index contributed by atoms with van der Waals surface area (Å²) in [7, 11) is 0. The van der Waals surface area contributed by atoms with Crippen LogP contribution in [0.2, 0.25) is 0 Å². The normalized spacial score (nSPS) is 27.5. The Balaban J connectivity index is 1.42. The number of carbonyl (C=O) groups excluding carboxylic acids is 2. The van der Waals surface area contributed by atoms with Gasteiger partial charge in [-0.25, -0.2) is 0 Å². The van der Waals surface area contributed by atoms with Gasteiger partial charge in [0.05, 0.1) is 12.5 Å². The van der Waals surface area contributed by atoms with E-state index in [1.807, 2.05) is 29.7 Å². The molecule has 4 atom stereocenters. The van der Waals surface area contributed by atoms with Crippen LogP contribution in [0.3, 0.4) is 0 Å². The first-order valence-corrected chi connectivity index (χ1v) is 9.62. The molecule has 1 saturated carbocycles. The quantitative estimate of drug-likeness (QED) is 0.834. The minimum absolute atomic E-state index is 0.0305. The molecule has 0 radical (unpaired) electrons. The molecule has 2 aliphatic carbocycles. The lowest BCUT2D eigenvalue weighted by Gasteiger charge is -2.27. The van der Waals surface area contributed by atoms with Gasteiger partial charge in [-0.15, -0.1) is 22.7 Å². The molecule has 1 amide bonds. The second-order valence-corrected chi connectivity index (χ2v) is 8.40. The summed E-state index contributed by atoms with van der Waals surface area (Å²) in [4.78, 5) is 27.4. The highest BCUT2D eigenvalue weighted by Gasteiger charge is 2.48. The van der Waals surface area contributed by atoms with E-state index in [-0.39, 0.29) is 17.7 Å². The number of thiophene rings is 2. The average molecular weight is 358 g/mol. The minimum atomic E-state index is -1.11. The van der Waals surface area contributed by atoms with E-state index in [4.69, 9.17) is 0 Å². The first-order chi connectivity index (χ1) is 11.6. The summed E-state index contributed by atoms with van der Waals surface area (Å²) in [6.45, 7) is 0.437. The molecule has 0 unspecified atom stereocenters. The molecule has 0 aliphatic heterocycles. The fourth-order valence-corrected chi connectivity index (χ4v) is 5.60. The smallest absolute Gasteiger partial charge is 0.224 e. The first kappa shape index (κ1) is 15.6. The molecular weight excluding hydrogens is 342 g/mol. The van der Waals surface area contributed by atoms with Crippen molar-refractivity contribution in [2.24, 2.45) is 23.7 Å². The summed E-state index contributed by atoms with van der Waals surface area (Å²) in [6, 6.07) is 8.16. The van der Waals surface area contributed by atoms with Gasteiger partial charge in [-0.3, -0.25) is 4.79 Å². The second-order valence-electron chi connectivity index (χ2n) is 6.28. The molecule has 4 rings (SSSR count). The number of rotatable bonds is 5. The highest BCUT2D eigenvalue weighted by Crippen LogP contribution is 2.47. The third kappa shape index (κ3) is 2.70. The zero-order valence-corrected chi connectivity index (χ0v) is 14.4. The topological polar surface area (TPSA) is 69.2 Å². The second kappa shape index (κ2) is 6.18. The van der Waals surface area contributed by atoms with Crippen LogP contribution in [0, 0.1) is 23.7 Å². The molecule has 0 spiro atoms. The molecule has 1 fully saturated rings. The standard InChI is InChI=1S/C18H17NO3S2/c20-17(15-10-3-4-11(8-10)16(15)18(21)22)19-9-12-5-6-14(24-12)13-2-1-7-23-13/h1-7,10-11,15-16H,8-9H2,(H,19,20)(H,21,22)/p-1/t10-,11+,15+,16+/m1/s1. The monoisotopic (exact) mass is 358 g/mol. The Kier molecular flexibility index (Phi) is 4.02. The molecule has 0 saturated heterocycles. The Labute approximate surface area is 147 Å². The van der Waals surface area contributed by atoms with Gasteiger partial charge in [0.1, 0.15) is 0 Å². The van der Waals surface area contributed by atoms with Gasteiger partial charge >= 0.3 is 0 Å². The van der Waals surface area contributed by atoms with Crippen molar-refractivity contribution < 1.29 is 14.7 Å². The minimum Gasteiger partial charge on any atom is -0.550 e. The van der Waals surface area contributed by atoms with E-state index in [9.17, 15) is 14.7 Å². The Morgan fingerprint density at radius 1 is 1.12 bits per heavy atom. The van der Waals surface area contributed by atoms with Gasteiger partial charge in [-0.05, 0) is 41.8 Å². The van der Waals surface area contributed by atoms with Crippen LogP contribution in [0.4, 0.5) is 0 Å². The van der Waals surface area contributed by atoms with E-state index in [1.54, 1.807) is 22.7 Å². The molecule has 2 aromatic heterocycles. The molecule has 124 valence electrons. The van der Waals surface area contributed by atoms with Crippen molar-refractivity contribution in [3.63, 3.8) is 0 Å². The largest absolute Gasteiger partial charge is 0.550 e. The fraction of sp³-hybridized carbons (Fsp3) is 0.333. The van der Waals surface area contributed by atoms with E-state index in [2.05, 4.69) is 17.4 Å². The molecule has 4 nitrogen and oxygen atoms in total. The lowest BCUT2D eigenvalue weighted by molar-refractivity contribution is -0.313.